The highest BCUT2D eigenvalue weighted by atomic mass is 16.5. The van der Waals surface area contributed by atoms with Crippen LogP contribution in [-0.4, -0.2) is 39.3 Å². The minimum atomic E-state index is 0.409. The lowest BCUT2D eigenvalue weighted by molar-refractivity contribution is 0.356. The van der Waals surface area contributed by atoms with E-state index < -0.39 is 0 Å². The second kappa shape index (κ2) is 6.63. The number of hydrogen-bond donors (Lipinski definition) is 1. The third kappa shape index (κ3) is 3.19. The predicted octanol–water partition coefficient (Wildman–Crippen LogP) is 2.28. The SMILES string of the molecule is COc1cc2ccnc(N(C)CC(C)CN)c2cc1OC. The minimum Gasteiger partial charge on any atom is -0.493 e. The Morgan fingerprint density at radius 1 is 1.24 bits per heavy atom. The van der Waals surface area contributed by atoms with Gasteiger partial charge in [0.1, 0.15) is 5.82 Å². The highest BCUT2D eigenvalue weighted by Gasteiger charge is 2.13. The number of pyridine rings is 1. The molecule has 1 unspecified atom stereocenters. The molecule has 5 heteroatoms. The Balaban J connectivity index is 2.49. The molecule has 2 rings (SSSR count). The molecule has 1 aromatic heterocycles. The van der Waals surface area contributed by atoms with Crippen molar-refractivity contribution in [1.29, 1.82) is 0 Å². The molecule has 0 saturated carbocycles. The normalized spacial score (nSPS) is 12.2. The van der Waals surface area contributed by atoms with Crippen LogP contribution in [0, 0.1) is 5.92 Å². The highest BCUT2D eigenvalue weighted by Crippen LogP contribution is 2.35. The summed E-state index contributed by atoms with van der Waals surface area (Å²) < 4.78 is 10.7. The van der Waals surface area contributed by atoms with Crippen LogP contribution in [0.25, 0.3) is 10.8 Å². The molecule has 1 aromatic carbocycles. The Morgan fingerprint density at radius 3 is 2.52 bits per heavy atom. The van der Waals surface area contributed by atoms with Gasteiger partial charge < -0.3 is 20.1 Å². The van der Waals surface area contributed by atoms with Gasteiger partial charge >= 0.3 is 0 Å². The number of anilines is 1. The monoisotopic (exact) mass is 289 g/mol. The summed E-state index contributed by atoms with van der Waals surface area (Å²) in [4.78, 5) is 6.64. The van der Waals surface area contributed by atoms with Crippen molar-refractivity contribution in [2.24, 2.45) is 11.7 Å². The number of aromatic nitrogens is 1. The summed E-state index contributed by atoms with van der Waals surface area (Å²) in [5.74, 6) is 2.76. The minimum absolute atomic E-state index is 0.409. The van der Waals surface area contributed by atoms with Crippen molar-refractivity contribution in [1.82, 2.24) is 4.98 Å². The van der Waals surface area contributed by atoms with Crippen LogP contribution in [0.2, 0.25) is 0 Å². The number of benzene rings is 1. The number of nitrogens with two attached hydrogens (primary N) is 1. The van der Waals surface area contributed by atoms with Gasteiger partial charge in [-0.3, -0.25) is 0 Å². The second-order valence-corrected chi connectivity index (χ2v) is 5.28. The van der Waals surface area contributed by atoms with Crippen molar-refractivity contribution in [2.45, 2.75) is 6.92 Å². The molecule has 0 bridgehead atoms. The predicted molar refractivity (Wildman–Crippen MR) is 86.3 cm³/mol. The number of rotatable bonds is 6. The fourth-order valence-electron chi connectivity index (χ4n) is 2.42. The van der Waals surface area contributed by atoms with E-state index in [0.29, 0.717) is 18.2 Å². The lowest BCUT2D eigenvalue weighted by Crippen LogP contribution is -2.28. The van der Waals surface area contributed by atoms with Gasteiger partial charge in [-0.2, -0.15) is 0 Å². The molecule has 0 aliphatic rings. The zero-order valence-electron chi connectivity index (χ0n) is 13.1. The molecule has 0 spiro atoms. The maximum absolute atomic E-state index is 5.71. The van der Waals surface area contributed by atoms with E-state index in [2.05, 4.69) is 16.8 Å². The van der Waals surface area contributed by atoms with Crippen LogP contribution in [0.1, 0.15) is 6.92 Å². The molecule has 21 heavy (non-hydrogen) atoms. The maximum Gasteiger partial charge on any atom is 0.161 e. The zero-order valence-corrected chi connectivity index (χ0v) is 13.1. The van der Waals surface area contributed by atoms with Crippen molar-refractivity contribution < 1.29 is 9.47 Å². The van der Waals surface area contributed by atoms with E-state index in [1.807, 2.05) is 31.4 Å². The van der Waals surface area contributed by atoms with Gasteiger partial charge in [-0.1, -0.05) is 6.92 Å². The summed E-state index contributed by atoms with van der Waals surface area (Å²) in [5, 5.41) is 2.12. The van der Waals surface area contributed by atoms with Gasteiger partial charge in [0.25, 0.3) is 0 Å². The van der Waals surface area contributed by atoms with E-state index in [9.17, 15) is 0 Å². The topological polar surface area (TPSA) is 60.6 Å². The van der Waals surface area contributed by atoms with Crippen LogP contribution >= 0.6 is 0 Å². The molecule has 2 N–H and O–H groups in total. The third-order valence-corrected chi connectivity index (χ3v) is 3.60. The molecule has 0 amide bonds. The lowest BCUT2D eigenvalue weighted by atomic mass is 10.1. The van der Waals surface area contributed by atoms with E-state index in [0.717, 1.165) is 28.9 Å². The van der Waals surface area contributed by atoms with Gasteiger partial charge in [0.05, 0.1) is 14.2 Å². The van der Waals surface area contributed by atoms with Crippen molar-refractivity contribution in [3.05, 3.63) is 24.4 Å². The number of methoxy groups -OCH3 is 2. The fourth-order valence-corrected chi connectivity index (χ4v) is 2.42. The van der Waals surface area contributed by atoms with Crippen molar-refractivity contribution in [3.63, 3.8) is 0 Å². The Bertz CT molecular complexity index is 616. The summed E-state index contributed by atoms with van der Waals surface area (Å²) >= 11 is 0. The first-order valence-electron chi connectivity index (χ1n) is 7.02. The van der Waals surface area contributed by atoms with Gasteiger partial charge in [0.2, 0.25) is 0 Å². The van der Waals surface area contributed by atoms with Gasteiger partial charge in [0.15, 0.2) is 11.5 Å². The van der Waals surface area contributed by atoms with E-state index in [1.54, 1.807) is 14.2 Å². The Hall–Kier alpha value is -2.01. The quantitative estimate of drug-likeness (QED) is 0.884. The number of hydrogen-bond acceptors (Lipinski definition) is 5. The molecule has 5 nitrogen and oxygen atoms in total. The second-order valence-electron chi connectivity index (χ2n) is 5.28. The smallest absolute Gasteiger partial charge is 0.161 e. The summed E-state index contributed by atoms with van der Waals surface area (Å²) in [6, 6.07) is 5.92. The first kappa shape index (κ1) is 15.4. The van der Waals surface area contributed by atoms with E-state index in [4.69, 9.17) is 15.2 Å². The Labute approximate surface area is 125 Å². The summed E-state index contributed by atoms with van der Waals surface area (Å²) in [6.07, 6.45) is 1.81. The Morgan fingerprint density at radius 2 is 1.90 bits per heavy atom. The molecule has 1 heterocycles. The zero-order chi connectivity index (χ0) is 15.4. The van der Waals surface area contributed by atoms with Crippen LogP contribution < -0.4 is 20.1 Å². The number of nitrogens with zero attached hydrogens (tertiary/aromatic N) is 2. The fraction of sp³-hybridized carbons (Fsp3) is 0.438. The molecule has 1 atom stereocenters. The first-order chi connectivity index (χ1) is 10.1. The molecule has 0 saturated heterocycles. The molecule has 114 valence electrons. The molecular weight excluding hydrogens is 266 g/mol. The van der Waals surface area contributed by atoms with Crippen LogP contribution in [0.15, 0.2) is 24.4 Å². The summed E-state index contributed by atoms with van der Waals surface area (Å²) in [7, 11) is 5.31. The molecule has 0 aliphatic carbocycles. The van der Waals surface area contributed by atoms with E-state index in [1.165, 1.54) is 0 Å². The molecule has 2 aromatic rings. The largest absolute Gasteiger partial charge is 0.493 e. The van der Waals surface area contributed by atoms with Gasteiger partial charge in [-0.05, 0) is 36.0 Å². The van der Waals surface area contributed by atoms with E-state index in [-0.39, 0.29) is 0 Å². The molecular formula is C16H23N3O2. The molecule has 0 fully saturated rings. The standard InChI is InChI=1S/C16H23N3O2/c1-11(9-17)10-19(2)16-13-8-15(21-4)14(20-3)7-12(13)5-6-18-16/h5-8,11H,9-10,17H2,1-4H3. The first-order valence-corrected chi connectivity index (χ1v) is 7.02. The number of fused-ring (bicyclic) bond motifs is 1. The van der Waals surface area contributed by atoms with Crippen LogP contribution in [-0.2, 0) is 0 Å². The maximum atomic E-state index is 5.71. The van der Waals surface area contributed by atoms with Gasteiger partial charge in [-0.15, -0.1) is 0 Å². The lowest BCUT2D eigenvalue weighted by Gasteiger charge is -2.23. The van der Waals surface area contributed by atoms with Gasteiger partial charge in [-0.25, -0.2) is 4.98 Å². The van der Waals surface area contributed by atoms with Gasteiger partial charge in [0, 0.05) is 25.2 Å². The van der Waals surface area contributed by atoms with Crippen molar-refractivity contribution in [3.8, 4) is 11.5 Å². The summed E-state index contributed by atoms with van der Waals surface area (Å²) in [5.41, 5.74) is 5.71. The van der Waals surface area contributed by atoms with Crippen LogP contribution in [0.4, 0.5) is 5.82 Å². The molecule has 0 radical (unpaired) electrons. The van der Waals surface area contributed by atoms with Crippen molar-refractivity contribution >= 4 is 16.6 Å². The van der Waals surface area contributed by atoms with Crippen molar-refractivity contribution in [2.75, 3.05) is 39.3 Å². The van der Waals surface area contributed by atoms with Crippen LogP contribution in [0.3, 0.4) is 0 Å². The third-order valence-electron chi connectivity index (χ3n) is 3.60. The molecule has 0 aliphatic heterocycles. The average Bonchev–Trinajstić information content (AvgIpc) is 2.52. The summed E-state index contributed by atoms with van der Waals surface area (Å²) in [6.45, 7) is 3.65. The van der Waals surface area contributed by atoms with Crippen LogP contribution in [0.5, 0.6) is 11.5 Å². The highest BCUT2D eigenvalue weighted by molar-refractivity contribution is 5.94. The average molecular weight is 289 g/mol. The van der Waals surface area contributed by atoms with E-state index >= 15 is 0 Å². The number of ether oxygens (including phenoxy) is 2. The Kier molecular flexibility index (Phi) is 4.85.